The Morgan fingerprint density at radius 3 is 2.74 bits per heavy atom. The normalized spacial score (nSPS) is 15.7. The average Bonchev–Trinajstić information content (AvgIpc) is 2.95. The molecule has 122 valence electrons. The molecule has 1 N–H and O–H groups in total. The number of hydrogen-bond acceptors (Lipinski definition) is 4. The molecular formula is C15H17BrFN5O. The van der Waals surface area contributed by atoms with Gasteiger partial charge in [0.15, 0.2) is 11.6 Å². The second kappa shape index (κ2) is 6.66. The number of pyridine rings is 1. The molecule has 0 bridgehead atoms. The van der Waals surface area contributed by atoms with Crippen LogP contribution < -0.4 is 10.2 Å². The van der Waals surface area contributed by atoms with E-state index < -0.39 is 0 Å². The smallest absolute Gasteiger partial charge is 0.254 e. The number of anilines is 1. The average molecular weight is 382 g/mol. The van der Waals surface area contributed by atoms with Gasteiger partial charge < -0.3 is 10.2 Å². The number of rotatable bonds is 3. The number of aryl methyl sites for hydroxylation is 1. The fraction of sp³-hybridized carbons (Fsp3) is 0.400. The maximum Gasteiger partial charge on any atom is 0.254 e. The minimum absolute atomic E-state index is 0.0810. The molecule has 0 atom stereocenters. The highest BCUT2D eigenvalue weighted by Crippen LogP contribution is 2.23. The van der Waals surface area contributed by atoms with Crippen molar-refractivity contribution in [3.8, 4) is 0 Å². The fourth-order valence-electron chi connectivity index (χ4n) is 2.68. The molecule has 0 saturated carbocycles. The van der Waals surface area contributed by atoms with E-state index in [4.69, 9.17) is 0 Å². The van der Waals surface area contributed by atoms with Crippen LogP contribution in [0.5, 0.6) is 0 Å². The summed E-state index contributed by atoms with van der Waals surface area (Å²) in [6.45, 7) is 1.31. The zero-order valence-corrected chi connectivity index (χ0v) is 14.3. The van der Waals surface area contributed by atoms with Crippen molar-refractivity contribution < 1.29 is 9.18 Å². The largest absolute Gasteiger partial charge is 0.354 e. The van der Waals surface area contributed by atoms with Crippen molar-refractivity contribution in [1.29, 1.82) is 0 Å². The van der Waals surface area contributed by atoms with Crippen LogP contribution in [0.3, 0.4) is 0 Å². The number of hydrogen-bond donors (Lipinski definition) is 1. The number of piperidine rings is 1. The highest BCUT2D eigenvalue weighted by Gasteiger charge is 2.24. The molecule has 8 heteroatoms. The molecule has 0 aromatic carbocycles. The summed E-state index contributed by atoms with van der Waals surface area (Å²) in [7, 11) is 1.77. The third kappa shape index (κ3) is 3.69. The number of amides is 1. The summed E-state index contributed by atoms with van der Waals surface area (Å²) in [6.07, 6.45) is 6.33. The van der Waals surface area contributed by atoms with Gasteiger partial charge in [0.1, 0.15) is 0 Å². The Bertz CT molecular complexity index is 712. The second-order valence-electron chi connectivity index (χ2n) is 5.60. The molecule has 1 aliphatic rings. The van der Waals surface area contributed by atoms with Gasteiger partial charge >= 0.3 is 0 Å². The van der Waals surface area contributed by atoms with Crippen LogP contribution in [0.25, 0.3) is 0 Å². The van der Waals surface area contributed by atoms with Gasteiger partial charge in [-0.15, -0.1) is 0 Å². The van der Waals surface area contributed by atoms with Gasteiger partial charge in [0.2, 0.25) is 0 Å². The Hall–Kier alpha value is -1.96. The summed E-state index contributed by atoms with van der Waals surface area (Å²) in [4.78, 5) is 18.2. The Balaban J connectivity index is 1.57. The quantitative estimate of drug-likeness (QED) is 0.884. The van der Waals surface area contributed by atoms with E-state index in [-0.39, 0.29) is 17.8 Å². The number of halogens is 2. The third-order valence-electron chi connectivity index (χ3n) is 3.89. The minimum atomic E-state index is -0.336. The van der Waals surface area contributed by atoms with Crippen molar-refractivity contribution in [1.82, 2.24) is 20.1 Å². The van der Waals surface area contributed by atoms with Gasteiger partial charge in [0, 0.05) is 43.0 Å². The maximum atomic E-state index is 14.0. The number of carbonyl (C=O) groups excluding carboxylic acids is 1. The number of carbonyl (C=O) groups is 1. The summed E-state index contributed by atoms with van der Waals surface area (Å²) >= 11 is 3.21. The van der Waals surface area contributed by atoms with Crippen molar-refractivity contribution in [2.45, 2.75) is 18.9 Å². The lowest BCUT2D eigenvalue weighted by molar-refractivity contribution is 0.0931. The maximum absolute atomic E-state index is 14.0. The highest BCUT2D eigenvalue weighted by molar-refractivity contribution is 9.10. The van der Waals surface area contributed by atoms with Gasteiger partial charge in [0.25, 0.3) is 5.91 Å². The summed E-state index contributed by atoms with van der Waals surface area (Å²) in [5.74, 6) is -0.0908. The Kier molecular flexibility index (Phi) is 4.61. The SMILES string of the molecule is Cn1cc(C(=O)NC2CCN(c3ncc(Br)cc3F)CC2)cn1. The van der Waals surface area contributed by atoms with Crippen LogP contribution in [-0.2, 0) is 7.05 Å². The summed E-state index contributed by atoms with van der Waals surface area (Å²) in [5, 5.41) is 7.00. The van der Waals surface area contributed by atoms with E-state index in [2.05, 4.69) is 31.3 Å². The minimum Gasteiger partial charge on any atom is -0.354 e. The highest BCUT2D eigenvalue weighted by atomic mass is 79.9. The molecule has 2 aromatic rings. The first-order chi connectivity index (χ1) is 11.0. The first-order valence-electron chi connectivity index (χ1n) is 7.38. The summed E-state index contributed by atoms with van der Waals surface area (Å²) < 4.78 is 16.2. The van der Waals surface area contributed by atoms with Gasteiger partial charge in [0.05, 0.1) is 11.8 Å². The third-order valence-corrected chi connectivity index (χ3v) is 4.32. The zero-order chi connectivity index (χ0) is 16.4. The van der Waals surface area contributed by atoms with Crippen molar-refractivity contribution in [2.24, 2.45) is 7.05 Å². The number of nitrogens with one attached hydrogen (secondary N) is 1. The standard InChI is InChI=1S/C15H17BrFN5O/c1-21-9-10(7-19-21)15(23)20-12-2-4-22(5-3-12)14-13(17)6-11(16)8-18-14/h6-9,12H,2-5H2,1H3,(H,20,23). The van der Waals surface area contributed by atoms with Crippen molar-refractivity contribution in [3.05, 3.63) is 40.5 Å². The summed E-state index contributed by atoms with van der Waals surface area (Å²) in [6, 6.07) is 1.50. The topological polar surface area (TPSA) is 63.1 Å². The van der Waals surface area contributed by atoms with Crippen molar-refractivity contribution >= 4 is 27.7 Å². The van der Waals surface area contributed by atoms with Crippen LogP contribution in [0.1, 0.15) is 23.2 Å². The first-order valence-corrected chi connectivity index (χ1v) is 8.18. The Morgan fingerprint density at radius 2 is 2.13 bits per heavy atom. The summed E-state index contributed by atoms with van der Waals surface area (Å²) in [5.41, 5.74) is 0.551. The fourth-order valence-corrected chi connectivity index (χ4v) is 2.99. The van der Waals surface area contributed by atoms with Gasteiger partial charge in [-0.3, -0.25) is 9.48 Å². The molecule has 2 aromatic heterocycles. The monoisotopic (exact) mass is 381 g/mol. The lowest BCUT2D eigenvalue weighted by Crippen LogP contribution is -2.45. The second-order valence-corrected chi connectivity index (χ2v) is 6.51. The zero-order valence-electron chi connectivity index (χ0n) is 12.7. The molecule has 0 radical (unpaired) electrons. The first kappa shape index (κ1) is 15.9. The van der Waals surface area contributed by atoms with E-state index in [1.165, 1.54) is 6.07 Å². The molecule has 1 fully saturated rings. The van der Waals surface area contributed by atoms with Crippen LogP contribution in [0.2, 0.25) is 0 Å². The molecule has 6 nitrogen and oxygen atoms in total. The van der Waals surface area contributed by atoms with E-state index in [0.29, 0.717) is 28.9 Å². The van der Waals surface area contributed by atoms with E-state index in [9.17, 15) is 9.18 Å². The predicted molar refractivity (Wildman–Crippen MR) is 87.8 cm³/mol. The Morgan fingerprint density at radius 1 is 1.39 bits per heavy atom. The van der Waals surface area contributed by atoms with Crippen LogP contribution in [0, 0.1) is 5.82 Å². The number of aromatic nitrogens is 3. The van der Waals surface area contributed by atoms with Crippen LogP contribution in [0.4, 0.5) is 10.2 Å². The molecule has 1 saturated heterocycles. The predicted octanol–water partition coefficient (Wildman–Crippen LogP) is 2.12. The van der Waals surface area contributed by atoms with Gasteiger partial charge in [-0.1, -0.05) is 0 Å². The molecule has 3 rings (SSSR count). The van der Waals surface area contributed by atoms with E-state index in [1.54, 1.807) is 30.3 Å². The van der Waals surface area contributed by atoms with Crippen molar-refractivity contribution in [3.63, 3.8) is 0 Å². The van der Waals surface area contributed by atoms with Gasteiger partial charge in [-0.25, -0.2) is 9.37 Å². The Labute approximate surface area is 141 Å². The van der Waals surface area contributed by atoms with E-state index >= 15 is 0 Å². The van der Waals surface area contributed by atoms with Crippen LogP contribution in [-0.4, -0.2) is 39.8 Å². The molecule has 1 aliphatic heterocycles. The van der Waals surface area contributed by atoms with E-state index in [1.807, 2.05) is 4.90 Å². The molecule has 0 aliphatic carbocycles. The molecule has 0 spiro atoms. The lowest BCUT2D eigenvalue weighted by atomic mass is 10.0. The number of nitrogens with zero attached hydrogens (tertiary/aromatic N) is 4. The van der Waals surface area contributed by atoms with Gasteiger partial charge in [-0.05, 0) is 34.8 Å². The molecule has 23 heavy (non-hydrogen) atoms. The van der Waals surface area contributed by atoms with Crippen LogP contribution >= 0.6 is 15.9 Å². The molecule has 1 amide bonds. The van der Waals surface area contributed by atoms with Gasteiger partial charge in [-0.2, -0.15) is 5.10 Å². The molecular weight excluding hydrogens is 365 g/mol. The van der Waals surface area contributed by atoms with E-state index in [0.717, 1.165) is 12.8 Å². The van der Waals surface area contributed by atoms with Crippen LogP contribution in [0.15, 0.2) is 29.1 Å². The molecule has 0 unspecified atom stereocenters. The molecule has 3 heterocycles. The lowest BCUT2D eigenvalue weighted by Gasteiger charge is -2.33. The van der Waals surface area contributed by atoms with Crippen molar-refractivity contribution in [2.75, 3.05) is 18.0 Å².